The van der Waals surface area contributed by atoms with Gasteiger partial charge in [-0.05, 0) is 24.4 Å². The quantitative estimate of drug-likeness (QED) is 0.723. The van der Waals surface area contributed by atoms with Gasteiger partial charge in [-0.2, -0.15) is 0 Å². The molecule has 1 N–H and O–H groups in total. The van der Waals surface area contributed by atoms with Crippen LogP contribution in [0, 0.1) is 4.77 Å². The highest BCUT2D eigenvalue weighted by molar-refractivity contribution is 7.71. The van der Waals surface area contributed by atoms with Crippen LogP contribution in [0.2, 0.25) is 5.02 Å². The second kappa shape index (κ2) is 4.01. The van der Waals surface area contributed by atoms with E-state index in [9.17, 15) is 0 Å². The largest absolute Gasteiger partial charge is 0.359 e. The van der Waals surface area contributed by atoms with Crippen LogP contribution < -0.4 is 0 Å². The number of hydrogen-bond acceptors (Lipinski definition) is 3. The lowest BCUT2D eigenvalue weighted by atomic mass is 10.3. The molecule has 0 spiro atoms. The van der Waals surface area contributed by atoms with Crippen LogP contribution in [0.1, 0.15) is 5.76 Å². The summed E-state index contributed by atoms with van der Waals surface area (Å²) in [7, 11) is 0. The van der Waals surface area contributed by atoms with Crippen molar-refractivity contribution in [2.45, 2.75) is 6.54 Å². The molecule has 2 heterocycles. The number of aromatic amines is 1. The molecule has 4 nitrogen and oxygen atoms in total. The number of rotatable bonds is 2. The summed E-state index contributed by atoms with van der Waals surface area (Å²) in [5.41, 5.74) is 1.80. The van der Waals surface area contributed by atoms with Gasteiger partial charge in [0, 0.05) is 6.07 Å². The molecule has 0 saturated heterocycles. The first kappa shape index (κ1) is 10.6. The fourth-order valence-electron chi connectivity index (χ4n) is 1.81. The number of halogens is 1. The molecule has 3 aromatic rings. The van der Waals surface area contributed by atoms with Crippen molar-refractivity contribution in [1.29, 1.82) is 0 Å². The third-order valence-electron chi connectivity index (χ3n) is 2.55. The van der Waals surface area contributed by atoms with Gasteiger partial charge in [-0.1, -0.05) is 22.8 Å². The van der Waals surface area contributed by atoms with Crippen LogP contribution in [-0.4, -0.2) is 14.7 Å². The summed E-state index contributed by atoms with van der Waals surface area (Å²) < 4.78 is 7.59. The third kappa shape index (κ3) is 1.77. The van der Waals surface area contributed by atoms with E-state index in [1.165, 1.54) is 0 Å². The maximum Gasteiger partial charge on any atom is 0.178 e. The Balaban J connectivity index is 2.21. The van der Waals surface area contributed by atoms with Gasteiger partial charge < -0.3 is 14.1 Å². The van der Waals surface area contributed by atoms with Crippen LogP contribution in [-0.2, 0) is 6.54 Å². The third-order valence-corrected chi connectivity index (χ3v) is 3.18. The maximum atomic E-state index is 6.18. The Morgan fingerprint density at radius 1 is 1.41 bits per heavy atom. The number of nitrogens with zero attached hydrogens (tertiary/aromatic N) is 2. The second-order valence-electron chi connectivity index (χ2n) is 3.63. The molecule has 6 heteroatoms. The fraction of sp³-hybridized carbons (Fsp3) is 0.0909. The van der Waals surface area contributed by atoms with Gasteiger partial charge in [-0.15, -0.1) is 0 Å². The lowest BCUT2D eigenvalue weighted by Gasteiger charge is -2.02. The second-order valence-corrected chi connectivity index (χ2v) is 4.42. The number of para-hydroxylation sites is 1. The molecule has 0 amide bonds. The van der Waals surface area contributed by atoms with E-state index in [0.717, 1.165) is 16.8 Å². The standard InChI is InChI=1S/C11H8ClN3OS/c12-8-2-1-3-9-10(8)15(11(17)14-9)6-7-4-5-13-16-7/h1-5H,6H2,(H,14,17). The van der Waals surface area contributed by atoms with E-state index in [4.69, 9.17) is 28.3 Å². The Kier molecular flexibility index (Phi) is 2.49. The van der Waals surface area contributed by atoms with E-state index in [0.29, 0.717) is 16.3 Å². The number of hydrogen-bond donors (Lipinski definition) is 1. The normalized spacial score (nSPS) is 11.1. The Labute approximate surface area is 107 Å². The number of H-pyrrole nitrogens is 1. The summed E-state index contributed by atoms with van der Waals surface area (Å²) in [6, 6.07) is 7.46. The minimum atomic E-state index is 0.516. The smallest absolute Gasteiger partial charge is 0.178 e. The van der Waals surface area contributed by atoms with E-state index in [1.807, 2.05) is 22.8 Å². The topological polar surface area (TPSA) is 46.8 Å². The van der Waals surface area contributed by atoms with Crippen LogP contribution in [0.15, 0.2) is 35.0 Å². The van der Waals surface area contributed by atoms with Crippen LogP contribution in [0.4, 0.5) is 0 Å². The maximum absolute atomic E-state index is 6.18. The predicted octanol–water partition coefficient (Wildman–Crippen LogP) is 3.39. The molecule has 0 atom stereocenters. The van der Waals surface area contributed by atoms with E-state index >= 15 is 0 Å². The summed E-state index contributed by atoms with van der Waals surface area (Å²) in [4.78, 5) is 3.11. The van der Waals surface area contributed by atoms with Gasteiger partial charge in [0.25, 0.3) is 0 Å². The van der Waals surface area contributed by atoms with Gasteiger partial charge in [0.15, 0.2) is 10.5 Å². The van der Waals surface area contributed by atoms with Gasteiger partial charge in [0.05, 0.1) is 28.8 Å². The molecule has 17 heavy (non-hydrogen) atoms. The lowest BCUT2D eigenvalue weighted by molar-refractivity contribution is 0.377. The van der Waals surface area contributed by atoms with Crippen molar-refractivity contribution >= 4 is 34.9 Å². The molecule has 0 radical (unpaired) electrons. The molecule has 0 aliphatic rings. The van der Waals surface area contributed by atoms with Crippen molar-refractivity contribution in [2.24, 2.45) is 0 Å². The molecule has 0 aliphatic carbocycles. The predicted molar refractivity (Wildman–Crippen MR) is 67.7 cm³/mol. The van der Waals surface area contributed by atoms with Crippen LogP contribution in [0.3, 0.4) is 0 Å². The Hall–Kier alpha value is -1.59. The van der Waals surface area contributed by atoms with Crippen LogP contribution in [0.25, 0.3) is 11.0 Å². The monoisotopic (exact) mass is 265 g/mol. The molecule has 1 aromatic carbocycles. The number of fused-ring (bicyclic) bond motifs is 1. The van der Waals surface area contributed by atoms with Crippen molar-refractivity contribution in [3.63, 3.8) is 0 Å². The minimum absolute atomic E-state index is 0.516. The molecule has 0 fully saturated rings. The SMILES string of the molecule is S=c1[nH]c2cccc(Cl)c2n1Cc1ccno1. The van der Waals surface area contributed by atoms with Crippen LogP contribution in [0.5, 0.6) is 0 Å². The highest BCUT2D eigenvalue weighted by atomic mass is 35.5. The van der Waals surface area contributed by atoms with E-state index in [1.54, 1.807) is 12.3 Å². The van der Waals surface area contributed by atoms with Gasteiger partial charge in [0.2, 0.25) is 0 Å². The first-order chi connectivity index (χ1) is 8.25. The fourth-order valence-corrected chi connectivity index (χ4v) is 2.35. The van der Waals surface area contributed by atoms with Crippen molar-refractivity contribution < 1.29 is 4.52 Å². The molecule has 3 rings (SSSR count). The van der Waals surface area contributed by atoms with Gasteiger partial charge in [0.1, 0.15) is 0 Å². The van der Waals surface area contributed by atoms with Gasteiger partial charge in [-0.3, -0.25) is 0 Å². The Bertz CT molecular complexity index is 714. The summed E-state index contributed by atoms with van der Waals surface area (Å²) in [6.07, 6.45) is 1.61. The average Bonchev–Trinajstić information content (AvgIpc) is 2.89. The first-order valence-electron chi connectivity index (χ1n) is 5.02. The first-order valence-corrected chi connectivity index (χ1v) is 5.81. The van der Waals surface area contributed by atoms with E-state index < -0.39 is 0 Å². The number of benzene rings is 1. The van der Waals surface area contributed by atoms with Crippen molar-refractivity contribution in [1.82, 2.24) is 14.7 Å². The molecular weight excluding hydrogens is 258 g/mol. The molecule has 0 aliphatic heterocycles. The number of aromatic nitrogens is 3. The van der Waals surface area contributed by atoms with Crippen molar-refractivity contribution in [3.05, 3.63) is 46.0 Å². The van der Waals surface area contributed by atoms with Gasteiger partial charge >= 0.3 is 0 Å². The Morgan fingerprint density at radius 3 is 3.06 bits per heavy atom. The van der Waals surface area contributed by atoms with Gasteiger partial charge in [-0.25, -0.2) is 0 Å². The summed E-state index contributed by atoms with van der Waals surface area (Å²) in [5.74, 6) is 0.738. The van der Waals surface area contributed by atoms with Crippen molar-refractivity contribution in [3.8, 4) is 0 Å². The highest BCUT2D eigenvalue weighted by Crippen LogP contribution is 2.23. The van der Waals surface area contributed by atoms with Crippen molar-refractivity contribution in [2.75, 3.05) is 0 Å². The summed E-state index contributed by atoms with van der Waals surface area (Å²) in [5, 5.41) is 4.33. The summed E-state index contributed by atoms with van der Waals surface area (Å²) >= 11 is 11.5. The number of nitrogens with one attached hydrogen (secondary N) is 1. The number of imidazole rings is 1. The Morgan fingerprint density at radius 2 is 2.29 bits per heavy atom. The lowest BCUT2D eigenvalue weighted by Crippen LogP contribution is -1.98. The average molecular weight is 266 g/mol. The zero-order valence-electron chi connectivity index (χ0n) is 8.68. The molecule has 2 aromatic heterocycles. The molecule has 86 valence electrons. The molecular formula is C11H8ClN3OS. The van der Waals surface area contributed by atoms with Crippen LogP contribution >= 0.6 is 23.8 Å². The minimum Gasteiger partial charge on any atom is -0.359 e. The van der Waals surface area contributed by atoms with E-state index in [2.05, 4.69) is 10.1 Å². The zero-order chi connectivity index (χ0) is 11.8. The van der Waals surface area contributed by atoms with E-state index in [-0.39, 0.29) is 0 Å². The molecule has 0 unspecified atom stereocenters. The highest BCUT2D eigenvalue weighted by Gasteiger charge is 2.09. The summed E-state index contributed by atoms with van der Waals surface area (Å²) in [6.45, 7) is 0.516. The molecule has 0 saturated carbocycles. The molecule has 0 bridgehead atoms. The zero-order valence-corrected chi connectivity index (χ0v) is 10.3.